The van der Waals surface area contributed by atoms with Crippen LogP contribution in [-0.2, 0) is 0 Å². The quantitative estimate of drug-likeness (QED) is 0.107. The van der Waals surface area contributed by atoms with Gasteiger partial charge >= 0.3 is 0 Å². The van der Waals surface area contributed by atoms with E-state index in [1.54, 1.807) is 0 Å². The van der Waals surface area contributed by atoms with E-state index < -0.39 is 0 Å². The molecule has 302 valence electrons. The molecule has 0 radical (unpaired) electrons. The number of nitrogens with zero attached hydrogens (tertiary/aromatic N) is 2. The minimum atomic E-state index is 0.974. The minimum absolute atomic E-state index is 0.974. The third-order valence-corrected chi connectivity index (χ3v) is 11.4. The van der Waals surface area contributed by atoms with Crippen LogP contribution >= 0.6 is 0 Å². The van der Waals surface area contributed by atoms with Crippen molar-refractivity contribution in [3.05, 3.63) is 264 Å². The summed E-state index contributed by atoms with van der Waals surface area (Å²) < 4.78 is 0. The lowest BCUT2D eigenvalue weighted by Gasteiger charge is -2.26. The molecule has 0 heterocycles. The summed E-state index contributed by atoms with van der Waals surface area (Å²) in [5, 5.41) is 0. The van der Waals surface area contributed by atoms with Gasteiger partial charge in [-0.2, -0.15) is 0 Å². The van der Waals surface area contributed by atoms with Crippen LogP contribution in [0.15, 0.2) is 219 Å². The molecule has 0 aromatic heterocycles. The number of rotatable bonds is 13. The Morgan fingerprint density at radius 3 is 0.984 bits per heavy atom. The van der Waals surface area contributed by atoms with Crippen molar-refractivity contribution in [3.8, 4) is 11.1 Å². The molecule has 0 saturated carbocycles. The van der Waals surface area contributed by atoms with Crippen LogP contribution in [0.4, 0.5) is 34.1 Å². The summed E-state index contributed by atoms with van der Waals surface area (Å²) in [6.45, 7) is 17.3. The second-order valence-corrected chi connectivity index (χ2v) is 16.0. The molecule has 2 nitrogen and oxygen atoms in total. The summed E-state index contributed by atoms with van der Waals surface area (Å²) in [6, 6.07) is 69.1. The number of hydrogen-bond donors (Lipinski definition) is 0. The zero-order valence-electron chi connectivity index (χ0n) is 36.1. The van der Waals surface area contributed by atoms with Crippen molar-refractivity contribution in [1.82, 2.24) is 0 Å². The van der Waals surface area contributed by atoms with E-state index in [4.69, 9.17) is 0 Å². The van der Waals surface area contributed by atoms with Gasteiger partial charge in [0.1, 0.15) is 0 Å². The molecule has 8 aromatic rings. The van der Waals surface area contributed by atoms with E-state index >= 15 is 0 Å². The fourth-order valence-corrected chi connectivity index (χ4v) is 7.90. The Bertz CT molecular complexity index is 2660. The molecule has 0 atom stereocenters. The average molecular weight is 801 g/mol. The third kappa shape index (κ3) is 9.52. The Balaban J connectivity index is 1.01. The highest BCUT2D eigenvalue weighted by atomic mass is 15.1. The summed E-state index contributed by atoms with van der Waals surface area (Å²) in [5.41, 5.74) is 20.4. The number of aryl methyl sites for hydroxylation is 4. The van der Waals surface area contributed by atoms with Gasteiger partial charge in [0.15, 0.2) is 0 Å². The van der Waals surface area contributed by atoms with Gasteiger partial charge in [-0.25, -0.2) is 0 Å². The predicted octanol–water partition coefficient (Wildman–Crippen LogP) is 17.0. The maximum absolute atomic E-state index is 4.38. The molecule has 8 rings (SSSR count). The van der Waals surface area contributed by atoms with Gasteiger partial charge in [-0.1, -0.05) is 170 Å². The van der Waals surface area contributed by atoms with Crippen LogP contribution in [0.25, 0.3) is 34.4 Å². The van der Waals surface area contributed by atoms with E-state index in [-0.39, 0.29) is 0 Å². The summed E-state index contributed by atoms with van der Waals surface area (Å²) in [4.78, 5) is 4.59. The first-order valence-corrected chi connectivity index (χ1v) is 21.2. The SMILES string of the molecule is C=C(/C=C/c1ccc(C)cc1C)c1ccc(N(c2ccccc2)c2ccc(-c3ccc(N(c4ccccc4)c4ccc(C(=C)/C=C/c5ccc(C)cc5C)cc4)cc3)cc2)cc1. The molecule has 2 heteroatoms. The van der Waals surface area contributed by atoms with Crippen LogP contribution < -0.4 is 9.80 Å². The number of hydrogen-bond acceptors (Lipinski definition) is 2. The highest BCUT2D eigenvalue weighted by Crippen LogP contribution is 2.39. The fourth-order valence-electron chi connectivity index (χ4n) is 7.90. The molecular weight excluding hydrogens is 749 g/mol. The first kappa shape index (κ1) is 41.1. The second kappa shape index (κ2) is 18.7. The van der Waals surface area contributed by atoms with Gasteiger partial charge in [-0.05, 0) is 156 Å². The van der Waals surface area contributed by atoms with Crippen molar-refractivity contribution < 1.29 is 0 Å². The minimum Gasteiger partial charge on any atom is -0.311 e. The number of benzene rings is 8. The lowest BCUT2D eigenvalue weighted by atomic mass is 10.0. The highest BCUT2D eigenvalue weighted by Gasteiger charge is 2.15. The average Bonchev–Trinajstić information content (AvgIpc) is 3.30. The van der Waals surface area contributed by atoms with E-state index in [9.17, 15) is 0 Å². The Morgan fingerprint density at radius 1 is 0.355 bits per heavy atom. The highest BCUT2D eigenvalue weighted by molar-refractivity contribution is 5.84. The molecule has 0 unspecified atom stereocenters. The molecule has 0 N–H and O–H groups in total. The molecular formula is C60H52N2. The third-order valence-electron chi connectivity index (χ3n) is 11.4. The lowest BCUT2D eigenvalue weighted by Crippen LogP contribution is -2.10. The summed E-state index contributed by atoms with van der Waals surface area (Å²) in [6.07, 6.45) is 8.52. The van der Waals surface area contributed by atoms with Crippen LogP contribution in [0, 0.1) is 27.7 Å². The van der Waals surface area contributed by atoms with Crippen LogP contribution in [0.2, 0.25) is 0 Å². The number of allylic oxidation sites excluding steroid dienone is 4. The normalized spacial score (nSPS) is 11.2. The monoisotopic (exact) mass is 800 g/mol. The molecule has 0 aliphatic carbocycles. The Kier molecular flexibility index (Phi) is 12.4. The van der Waals surface area contributed by atoms with E-state index in [2.05, 4.69) is 269 Å². The zero-order valence-corrected chi connectivity index (χ0v) is 36.1. The number of anilines is 6. The van der Waals surface area contributed by atoms with Gasteiger partial charge in [0, 0.05) is 34.1 Å². The van der Waals surface area contributed by atoms with E-state index in [1.165, 1.54) is 33.4 Å². The van der Waals surface area contributed by atoms with Crippen molar-refractivity contribution in [3.63, 3.8) is 0 Å². The first-order valence-electron chi connectivity index (χ1n) is 21.2. The standard InChI is InChI=1S/C60H52N2/c1-43-17-21-51(47(5)41-43)23-19-45(3)49-25-33-57(34-26-49)61(55-13-9-7-10-14-55)59-37-29-53(30-38-59)54-31-39-60(40-32-54)62(56-15-11-8-12-16-56)58-35-27-50(28-36-58)46(4)20-24-52-22-18-44(2)42-48(52)6/h7-42H,3-4H2,1-2,5-6H3/b23-19+,24-20+. The topological polar surface area (TPSA) is 6.48 Å². The molecule has 62 heavy (non-hydrogen) atoms. The Morgan fingerprint density at radius 2 is 0.661 bits per heavy atom. The van der Waals surface area contributed by atoms with Crippen molar-refractivity contribution in [2.75, 3.05) is 9.80 Å². The molecule has 0 amide bonds. The fraction of sp³-hybridized carbons (Fsp3) is 0.0667. The molecule has 0 spiro atoms. The van der Waals surface area contributed by atoms with Gasteiger partial charge in [-0.3, -0.25) is 0 Å². The molecule has 0 aliphatic heterocycles. The van der Waals surface area contributed by atoms with Gasteiger partial charge < -0.3 is 9.80 Å². The van der Waals surface area contributed by atoms with Gasteiger partial charge in [-0.15, -0.1) is 0 Å². The van der Waals surface area contributed by atoms with Crippen LogP contribution in [0.5, 0.6) is 0 Å². The Labute approximate surface area is 368 Å². The largest absolute Gasteiger partial charge is 0.311 e. The molecule has 0 aliphatic rings. The van der Waals surface area contributed by atoms with Crippen molar-refractivity contribution in [1.29, 1.82) is 0 Å². The molecule has 0 fully saturated rings. The Hall–Kier alpha value is -7.68. The van der Waals surface area contributed by atoms with Gasteiger partial charge in [0.05, 0.1) is 0 Å². The van der Waals surface area contributed by atoms with Gasteiger partial charge in [0.2, 0.25) is 0 Å². The van der Waals surface area contributed by atoms with Crippen LogP contribution in [-0.4, -0.2) is 0 Å². The lowest BCUT2D eigenvalue weighted by molar-refractivity contribution is 1.28. The maximum atomic E-state index is 4.38. The van der Waals surface area contributed by atoms with Crippen LogP contribution in [0.3, 0.4) is 0 Å². The van der Waals surface area contributed by atoms with Crippen molar-refractivity contribution in [2.45, 2.75) is 27.7 Å². The van der Waals surface area contributed by atoms with E-state index in [0.29, 0.717) is 0 Å². The first-order chi connectivity index (χ1) is 30.2. The smallest absolute Gasteiger partial charge is 0.0462 e. The predicted molar refractivity (Wildman–Crippen MR) is 269 cm³/mol. The second-order valence-electron chi connectivity index (χ2n) is 16.0. The molecule has 0 bridgehead atoms. The number of para-hydroxylation sites is 2. The van der Waals surface area contributed by atoms with Gasteiger partial charge in [0.25, 0.3) is 0 Å². The van der Waals surface area contributed by atoms with E-state index in [1.807, 2.05) is 0 Å². The molecule has 8 aromatic carbocycles. The van der Waals surface area contributed by atoms with Crippen LogP contribution in [0.1, 0.15) is 44.5 Å². The summed E-state index contributed by atoms with van der Waals surface area (Å²) >= 11 is 0. The van der Waals surface area contributed by atoms with E-state index in [0.717, 1.165) is 67.5 Å². The zero-order chi connectivity index (χ0) is 43.0. The molecule has 0 saturated heterocycles. The summed E-state index contributed by atoms with van der Waals surface area (Å²) in [7, 11) is 0. The summed E-state index contributed by atoms with van der Waals surface area (Å²) in [5.74, 6) is 0. The van der Waals surface area contributed by atoms with Crippen molar-refractivity contribution >= 4 is 57.4 Å². The van der Waals surface area contributed by atoms with Crippen molar-refractivity contribution in [2.24, 2.45) is 0 Å². The maximum Gasteiger partial charge on any atom is 0.0462 e.